The number of nitrogens with one attached hydrogen (secondary N) is 1. The zero-order valence-corrected chi connectivity index (χ0v) is 14.5. The molecule has 2 rings (SSSR count). The van der Waals surface area contributed by atoms with Crippen molar-refractivity contribution in [2.24, 2.45) is 0 Å². The molecule has 0 saturated carbocycles. The van der Waals surface area contributed by atoms with Crippen LogP contribution in [0.5, 0.6) is 0 Å². The third-order valence-electron chi connectivity index (χ3n) is 3.63. The highest BCUT2D eigenvalue weighted by molar-refractivity contribution is 6.08. The molecule has 0 aliphatic rings. The summed E-state index contributed by atoms with van der Waals surface area (Å²) in [5.41, 5.74) is -0.711. The molecule has 7 heteroatoms. The molecule has 0 unspecified atom stereocenters. The highest BCUT2D eigenvalue weighted by atomic mass is 16.6. The Balaban J connectivity index is 2.47. The minimum atomic E-state index is -1.95. The maximum absolute atomic E-state index is 12.6. The Bertz CT molecular complexity index is 761. The number of hydrogen-bond acceptors (Lipinski definition) is 6. The Morgan fingerprint density at radius 3 is 2.28 bits per heavy atom. The fraction of sp³-hybridized carbons (Fsp3) is 0.389. The summed E-state index contributed by atoms with van der Waals surface area (Å²) in [6, 6.07) is 7.08. The smallest absolute Gasteiger partial charge is 0.344 e. The zero-order chi connectivity index (χ0) is 18.4. The monoisotopic (exact) mass is 347 g/mol. The van der Waals surface area contributed by atoms with E-state index < -0.39 is 23.4 Å². The van der Waals surface area contributed by atoms with Gasteiger partial charge in [0.2, 0.25) is 11.4 Å². The maximum Gasteiger partial charge on any atom is 0.344 e. The first kappa shape index (κ1) is 18.5. The number of rotatable bonds is 7. The van der Waals surface area contributed by atoms with E-state index in [4.69, 9.17) is 13.9 Å². The number of benzene rings is 1. The van der Waals surface area contributed by atoms with Crippen LogP contribution in [0.25, 0.3) is 11.0 Å². The van der Waals surface area contributed by atoms with Gasteiger partial charge in [-0.05, 0) is 31.5 Å². The Kier molecular flexibility index (Phi) is 5.80. The summed E-state index contributed by atoms with van der Waals surface area (Å²) in [5.74, 6) is -2.26. The molecule has 0 aliphatic heterocycles. The van der Waals surface area contributed by atoms with E-state index in [1.807, 2.05) is 6.07 Å². The Morgan fingerprint density at radius 1 is 1.08 bits per heavy atom. The molecule has 0 atom stereocenters. The Labute approximate surface area is 145 Å². The minimum Gasteiger partial charge on any atom is -0.464 e. The van der Waals surface area contributed by atoms with Crippen LogP contribution in [0.2, 0.25) is 0 Å². The van der Waals surface area contributed by atoms with Gasteiger partial charge in [0.05, 0.1) is 19.5 Å². The summed E-state index contributed by atoms with van der Waals surface area (Å²) >= 11 is 0. The topological polar surface area (TPSA) is 94.8 Å². The lowest BCUT2D eigenvalue weighted by atomic mass is 9.90. The van der Waals surface area contributed by atoms with Crippen molar-refractivity contribution in [2.75, 3.05) is 13.2 Å². The van der Waals surface area contributed by atoms with Gasteiger partial charge in [-0.2, -0.15) is 0 Å². The molecule has 1 N–H and O–H groups in total. The van der Waals surface area contributed by atoms with Gasteiger partial charge in [0.15, 0.2) is 0 Å². The molecular weight excluding hydrogens is 326 g/mol. The summed E-state index contributed by atoms with van der Waals surface area (Å²) in [5, 5.41) is 3.32. The molecule has 1 amide bonds. The molecule has 0 aliphatic carbocycles. The van der Waals surface area contributed by atoms with Gasteiger partial charge in [0, 0.05) is 18.7 Å². The van der Waals surface area contributed by atoms with Crippen LogP contribution in [0.15, 0.2) is 34.9 Å². The number of fused-ring (bicyclic) bond motifs is 1. The summed E-state index contributed by atoms with van der Waals surface area (Å²) in [7, 11) is 0. The molecule has 0 saturated heterocycles. The van der Waals surface area contributed by atoms with E-state index in [0.717, 1.165) is 5.39 Å². The van der Waals surface area contributed by atoms with Crippen LogP contribution in [0.1, 0.15) is 26.3 Å². The van der Waals surface area contributed by atoms with E-state index in [1.54, 1.807) is 38.3 Å². The first-order chi connectivity index (χ1) is 11.9. The third kappa shape index (κ3) is 3.99. The molecule has 7 nitrogen and oxygen atoms in total. The van der Waals surface area contributed by atoms with Crippen molar-refractivity contribution < 1.29 is 28.3 Å². The average Bonchev–Trinajstić information content (AvgIpc) is 3.01. The lowest BCUT2D eigenvalue weighted by Crippen LogP contribution is -2.62. The van der Waals surface area contributed by atoms with Crippen molar-refractivity contribution in [3.05, 3.63) is 36.1 Å². The molecule has 25 heavy (non-hydrogen) atoms. The second kappa shape index (κ2) is 7.83. The SMILES string of the molecule is CCOC(=O)C(Cc1ccc2ccoc2c1)(NC(C)=O)C(=O)OCC. The first-order valence-electron chi connectivity index (χ1n) is 8.02. The number of carbonyl (C=O) groups excluding carboxylic acids is 3. The molecule has 0 bridgehead atoms. The van der Waals surface area contributed by atoms with Gasteiger partial charge in [-0.1, -0.05) is 12.1 Å². The lowest BCUT2D eigenvalue weighted by molar-refractivity contribution is -0.168. The molecule has 1 aromatic heterocycles. The van der Waals surface area contributed by atoms with Crippen LogP contribution in [-0.2, 0) is 30.3 Å². The largest absolute Gasteiger partial charge is 0.464 e. The fourth-order valence-corrected chi connectivity index (χ4v) is 2.60. The summed E-state index contributed by atoms with van der Waals surface area (Å²) in [6.07, 6.45) is 1.44. The second-order valence-electron chi connectivity index (χ2n) is 5.50. The normalized spacial score (nSPS) is 11.2. The van der Waals surface area contributed by atoms with Crippen LogP contribution in [0, 0.1) is 0 Å². The molecule has 0 spiro atoms. The van der Waals surface area contributed by atoms with Gasteiger partial charge in [0.1, 0.15) is 5.58 Å². The zero-order valence-electron chi connectivity index (χ0n) is 14.5. The maximum atomic E-state index is 12.6. The molecule has 0 radical (unpaired) electrons. The molecule has 1 heterocycles. The molecule has 1 aromatic carbocycles. The minimum absolute atomic E-state index is 0.0663. The number of esters is 2. The van der Waals surface area contributed by atoms with Crippen LogP contribution >= 0.6 is 0 Å². The van der Waals surface area contributed by atoms with Crippen molar-refractivity contribution in [1.82, 2.24) is 5.32 Å². The third-order valence-corrected chi connectivity index (χ3v) is 3.63. The number of amides is 1. The van der Waals surface area contributed by atoms with Gasteiger partial charge >= 0.3 is 11.9 Å². The van der Waals surface area contributed by atoms with E-state index in [2.05, 4.69) is 5.32 Å². The van der Waals surface area contributed by atoms with Gasteiger partial charge in [-0.3, -0.25) is 4.79 Å². The standard InChI is InChI=1S/C18H21NO6/c1-4-23-16(21)18(19-12(3)20,17(22)24-5-2)11-13-6-7-14-8-9-25-15(14)10-13/h6-10H,4-5,11H2,1-3H3,(H,19,20). The van der Waals surface area contributed by atoms with Crippen molar-refractivity contribution in [1.29, 1.82) is 0 Å². The number of ether oxygens (including phenoxy) is 2. The molecule has 2 aromatic rings. The van der Waals surface area contributed by atoms with Crippen LogP contribution in [0.3, 0.4) is 0 Å². The van der Waals surface area contributed by atoms with Crippen molar-refractivity contribution in [2.45, 2.75) is 32.7 Å². The molecular formula is C18H21NO6. The highest BCUT2D eigenvalue weighted by Gasteiger charge is 2.50. The highest BCUT2D eigenvalue weighted by Crippen LogP contribution is 2.23. The van der Waals surface area contributed by atoms with E-state index >= 15 is 0 Å². The van der Waals surface area contributed by atoms with E-state index in [1.165, 1.54) is 6.92 Å². The quantitative estimate of drug-likeness (QED) is 0.608. The van der Waals surface area contributed by atoms with Crippen molar-refractivity contribution >= 4 is 28.8 Å². The number of carbonyl (C=O) groups is 3. The van der Waals surface area contributed by atoms with E-state index in [-0.39, 0.29) is 19.6 Å². The predicted molar refractivity (Wildman–Crippen MR) is 89.7 cm³/mol. The molecule has 0 fully saturated rings. The summed E-state index contributed by atoms with van der Waals surface area (Å²) in [4.78, 5) is 36.8. The van der Waals surface area contributed by atoms with Gasteiger partial charge in [-0.25, -0.2) is 9.59 Å². The fourth-order valence-electron chi connectivity index (χ4n) is 2.60. The van der Waals surface area contributed by atoms with Crippen LogP contribution in [-0.4, -0.2) is 36.6 Å². The van der Waals surface area contributed by atoms with Crippen LogP contribution < -0.4 is 5.32 Å². The second-order valence-corrected chi connectivity index (χ2v) is 5.50. The van der Waals surface area contributed by atoms with Gasteiger partial charge < -0.3 is 19.2 Å². The number of hydrogen-bond donors (Lipinski definition) is 1. The van der Waals surface area contributed by atoms with Gasteiger partial charge in [0.25, 0.3) is 0 Å². The first-order valence-corrected chi connectivity index (χ1v) is 8.02. The predicted octanol–water partition coefficient (Wildman–Crippen LogP) is 1.98. The van der Waals surface area contributed by atoms with E-state index in [0.29, 0.717) is 11.1 Å². The Hall–Kier alpha value is -2.83. The van der Waals surface area contributed by atoms with Crippen molar-refractivity contribution in [3.63, 3.8) is 0 Å². The van der Waals surface area contributed by atoms with Crippen molar-refractivity contribution in [3.8, 4) is 0 Å². The number of furan rings is 1. The van der Waals surface area contributed by atoms with Crippen LogP contribution in [0.4, 0.5) is 0 Å². The lowest BCUT2D eigenvalue weighted by Gasteiger charge is -2.29. The average molecular weight is 347 g/mol. The molecule has 134 valence electrons. The van der Waals surface area contributed by atoms with E-state index in [9.17, 15) is 14.4 Å². The van der Waals surface area contributed by atoms with Gasteiger partial charge in [-0.15, -0.1) is 0 Å². The summed E-state index contributed by atoms with van der Waals surface area (Å²) in [6.45, 7) is 4.60. The Morgan fingerprint density at radius 2 is 1.72 bits per heavy atom. The summed E-state index contributed by atoms with van der Waals surface area (Å²) < 4.78 is 15.4.